The Bertz CT molecular complexity index is 333. The van der Waals surface area contributed by atoms with Crippen LogP contribution in [0.5, 0.6) is 0 Å². The summed E-state index contributed by atoms with van der Waals surface area (Å²) >= 11 is 0. The van der Waals surface area contributed by atoms with Gasteiger partial charge in [0, 0.05) is 5.25 Å². The summed E-state index contributed by atoms with van der Waals surface area (Å²) in [5.74, 6) is 0. The number of hydrogen-bond donors (Lipinski definition) is 1. The first kappa shape index (κ1) is 25.1. The van der Waals surface area contributed by atoms with Crippen molar-refractivity contribution in [2.24, 2.45) is 0 Å². The number of unbranched alkanes of at least 4 members (excludes halogenated alkanes) is 6. The van der Waals surface area contributed by atoms with Crippen LogP contribution in [0, 0.1) is 0 Å². The predicted molar refractivity (Wildman–Crippen MR) is 86.2 cm³/mol. The largest absolute Gasteiger partial charge is 1.00 e. The van der Waals surface area contributed by atoms with E-state index >= 15 is 0 Å². The molecule has 4 nitrogen and oxygen atoms in total. The molecule has 0 aliphatic heterocycles. The van der Waals surface area contributed by atoms with Crippen molar-refractivity contribution < 1.29 is 47.6 Å². The number of aliphatic hydroxyl groups is 1. The van der Waals surface area contributed by atoms with Gasteiger partial charge in [-0.2, -0.15) is 0 Å². The number of rotatable bonds is 14. The molecule has 0 aliphatic carbocycles. The molecule has 2 unspecified atom stereocenters. The number of aliphatic hydroxyl groups excluding tert-OH is 1. The van der Waals surface area contributed by atoms with Gasteiger partial charge in [-0.05, 0) is 25.7 Å². The summed E-state index contributed by atoms with van der Waals surface area (Å²) in [4.78, 5) is 0. The summed E-state index contributed by atoms with van der Waals surface area (Å²) in [6.07, 6.45) is 9.72. The molecule has 0 saturated heterocycles. The summed E-state index contributed by atoms with van der Waals surface area (Å²) in [6, 6.07) is 0. The fourth-order valence-corrected chi connectivity index (χ4v) is 3.44. The van der Waals surface area contributed by atoms with Crippen LogP contribution >= 0.6 is 0 Å². The van der Waals surface area contributed by atoms with Gasteiger partial charge in [0.25, 0.3) is 0 Å². The van der Waals surface area contributed by atoms with E-state index in [-0.39, 0.29) is 29.6 Å². The van der Waals surface area contributed by atoms with Gasteiger partial charge in [0.2, 0.25) is 0 Å². The molecule has 0 rings (SSSR count). The maximum atomic E-state index is 11.3. The monoisotopic (exact) mass is 344 g/mol. The molecule has 6 heteroatoms. The average molecular weight is 344 g/mol. The van der Waals surface area contributed by atoms with E-state index < -0.39 is 21.5 Å². The Kier molecular flexibility index (Phi) is 17.6. The third-order valence-corrected chi connectivity index (χ3v) is 5.29. The van der Waals surface area contributed by atoms with Crippen molar-refractivity contribution in [1.82, 2.24) is 0 Å². The van der Waals surface area contributed by atoms with E-state index in [1.165, 1.54) is 6.42 Å². The molecule has 128 valence electrons. The Hall–Kier alpha value is 0.870. The summed E-state index contributed by atoms with van der Waals surface area (Å²) in [5, 5.41) is 9.06. The molecule has 0 heterocycles. The topological polar surface area (TPSA) is 77.4 Å². The van der Waals surface area contributed by atoms with Gasteiger partial charge in [-0.1, -0.05) is 65.2 Å². The van der Waals surface area contributed by atoms with Crippen LogP contribution in [-0.2, 0) is 10.1 Å². The Balaban J connectivity index is 0. The van der Waals surface area contributed by atoms with Gasteiger partial charge in [-0.3, -0.25) is 0 Å². The van der Waals surface area contributed by atoms with Gasteiger partial charge in [-0.15, -0.1) is 0 Å². The second kappa shape index (κ2) is 15.4. The van der Waals surface area contributed by atoms with E-state index in [1.807, 2.05) is 0 Å². The fraction of sp³-hybridized carbons (Fsp3) is 1.00. The van der Waals surface area contributed by atoms with Gasteiger partial charge in [0.15, 0.2) is 0 Å². The van der Waals surface area contributed by atoms with Crippen LogP contribution in [0.3, 0.4) is 0 Å². The zero-order chi connectivity index (χ0) is 16.1. The Labute approximate surface area is 159 Å². The smallest absolute Gasteiger partial charge is 0.748 e. The molecule has 0 aromatic rings. The van der Waals surface area contributed by atoms with Crippen molar-refractivity contribution in [3.63, 3.8) is 0 Å². The third kappa shape index (κ3) is 14.5. The van der Waals surface area contributed by atoms with Gasteiger partial charge in [0.1, 0.15) is 0 Å². The molecule has 0 bridgehead atoms. The molecule has 0 amide bonds. The van der Waals surface area contributed by atoms with Gasteiger partial charge in [0.05, 0.1) is 16.2 Å². The SMILES string of the molecule is CCCCCCC(O)CCC(CCCCCC)S(=O)(=O)[O-].[Na+]. The first-order valence-corrected chi connectivity index (χ1v) is 10.0. The van der Waals surface area contributed by atoms with Crippen LogP contribution in [-0.4, -0.2) is 29.4 Å². The first-order valence-electron chi connectivity index (χ1n) is 8.54. The Morgan fingerprint density at radius 3 is 1.77 bits per heavy atom. The van der Waals surface area contributed by atoms with Crippen molar-refractivity contribution in [1.29, 1.82) is 0 Å². The van der Waals surface area contributed by atoms with E-state index in [2.05, 4.69) is 13.8 Å². The molecule has 0 spiro atoms. The summed E-state index contributed by atoms with van der Waals surface area (Å²) in [7, 11) is -4.24. The van der Waals surface area contributed by atoms with Crippen LogP contribution in [0.2, 0.25) is 0 Å². The van der Waals surface area contributed by atoms with Gasteiger partial charge in [-0.25, -0.2) is 8.42 Å². The second-order valence-electron chi connectivity index (χ2n) is 6.04. The average Bonchev–Trinajstić information content (AvgIpc) is 2.41. The normalized spacial score (nSPS) is 14.4. The quantitative estimate of drug-likeness (QED) is 0.290. The van der Waals surface area contributed by atoms with Crippen molar-refractivity contribution in [3.05, 3.63) is 0 Å². The van der Waals surface area contributed by atoms with Crippen LogP contribution in [0.1, 0.15) is 90.9 Å². The van der Waals surface area contributed by atoms with Gasteiger partial charge >= 0.3 is 29.6 Å². The van der Waals surface area contributed by atoms with E-state index in [1.54, 1.807) is 0 Å². The molecule has 0 aromatic heterocycles. The van der Waals surface area contributed by atoms with Crippen LogP contribution in [0.15, 0.2) is 0 Å². The predicted octanol–water partition coefficient (Wildman–Crippen LogP) is 0.986. The van der Waals surface area contributed by atoms with E-state index in [9.17, 15) is 18.1 Å². The van der Waals surface area contributed by atoms with Gasteiger partial charge < -0.3 is 9.66 Å². The molecule has 22 heavy (non-hydrogen) atoms. The van der Waals surface area contributed by atoms with Crippen molar-refractivity contribution in [3.8, 4) is 0 Å². The maximum Gasteiger partial charge on any atom is 1.00 e. The standard InChI is InChI=1S/C16H34O4S.Na/c1-3-5-7-9-11-15(17)13-14-16(21(18,19)20)12-10-8-6-4-2;/h15-17H,3-14H2,1-2H3,(H,18,19,20);/q;+1/p-1. The summed E-state index contributed by atoms with van der Waals surface area (Å²) in [6.45, 7) is 4.23. The molecule has 0 saturated carbocycles. The summed E-state index contributed by atoms with van der Waals surface area (Å²) in [5.41, 5.74) is 0. The molecule has 0 aliphatic rings. The van der Waals surface area contributed by atoms with Crippen molar-refractivity contribution in [2.75, 3.05) is 0 Å². The minimum atomic E-state index is -4.24. The molecule has 0 aromatic carbocycles. The van der Waals surface area contributed by atoms with E-state index in [0.717, 1.165) is 44.9 Å². The Morgan fingerprint density at radius 1 is 0.818 bits per heavy atom. The second-order valence-corrected chi connectivity index (χ2v) is 7.70. The van der Waals surface area contributed by atoms with Crippen LogP contribution in [0.4, 0.5) is 0 Å². The molecule has 0 radical (unpaired) electrons. The fourth-order valence-electron chi connectivity index (χ4n) is 2.56. The zero-order valence-corrected chi connectivity index (χ0v) is 17.5. The van der Waals surface area contributed by atoms with Crippen molar-refractivity contribution >= 4 is 10.1 Å². The van der Waals surface area contributed by atoms with E-state index in [4.69, 9.17) is 0 Å². The molecular formula is C16H33NaO4S. The van der Waals surface area contributed by atoms with Crippen LogP contribution in [0.25, 0.3) is 0 Å². The zero-order valence-electron chi connectivity index (χ0n) is 14.7. The molecule has 0 fully saturated rings. The van der Waals surface area contributed by atoms with Crippen LogP contribution < -0.4 is 29.6 Å². The van der Waals surface area contributed by atoms with E-state index in [0.29, 0.717) is 25.7 Å². The molecule has 2 atom stereocenters. The molecular weight excluding hydrogens is 311 g/mol. The third-order valence-electron chi connectivity index (χ3n) is 4.00. The van der Waals surface area contributed by atoms with Crippen molar-refractivity contribution in [2.45, 2.75) is 102 Å². The summed E-state index contributed by atoms with van der Waals surface area (Å²) < 4.78 is 33.8. The number of hydrogen-bond acceptors (Lipinski definition) is 4. The minimum absolute atomic E-state index is 0. The molecule has 1 N–H and O–H groups in total. The minimum Gasteiger partial charge on any atom is -0.748 e. The first-order chi connectivity index (χ1) is 9.91. The maximum absolute atomic E-state index is 11.3. The Morgan fingerprint density at radius 2 is 1.32 bits per heavy atom.